The van der Waals surface area contributed by atoms with E-state index in [4.69, 9.17) is 0 Å². The zero-order chi connectivity index (χ0) is 27.5. The van der Waals surface area contributed by atoms with E-state index in [0.717, 1.165) is 0 Å². The Morgan fingerprint density at radius 2 is 0.657 bits per heavy atom. The van der Waals surface area contributed by atoms with Crippen molar-refractivity contribution in [3.05, 3.63) is 59.7 Å². The maximum atomic E-state index is 14.0. The summed E-state index contributed by atoms with van der Waals surface area (Å²) in [5.41, 5.74) is -20.6. The molecule has 0 aliphatic carbocycles. The molecule has 0 aliphatic heterocycles. The monoisotopic (exact) mass is 568 g/mol. The minimum absolute atomic E-state index is 0.160. The third kappa shape index (κ3) is 4.56. The van der Waals surface area contributed by atoms with Gasteiger partial charge in [-0.05, 0) is 35.4 Å². The standard InChI is InChI=1S/C17H8F12O4S2/c18-14(19,20)13(15(21,22)23,9-1-5-11(6-2-9)34(30,31)16(24,25)26)10-3-7-12(8-4-10)35(32,33)17(27,28)29/h1-8H. The third-order valence-electron chi connectivity index (χ3n) is 4.66. The summed E-state index contributed by atoms with van der Waals surface area (Å²) in [7, 11) is -12.3. The molecule has 0 radical (unpaired) electrons. The van der Waals surface area contributed by atoms with Crippen molar-refractivity contribution in [1.29, 1.82) is 0 Å². The van der Waals surface area contributed by atoms with E-state index in [0.29, 0.717) is 0 Å². The van der Waals surface area contributed by atoms with E-state index >= 15 is 0 Å². The number of sulfone groups is 2. The van der Waals surface area contributed by atoms with E-state index < -0.39 is 69.4 Å². The van der Waals surface area contributed by atoms with Crippen LogP contribution in [0.1, 0.15) is 11.1 Å². The van der Waals surface area contributed by atoms with Crippen LogP contribution in [0.25, 0.3) is 0 Å². The van der Waals surface area contributed by atoms with Crippen LogP contribution in [0.3, 0.4) is 0 Å². The van der Waals surface area contributed by atoms with Gasteiger partial charge < -0.3 is 0 Å². The largest absolute Gasteiger partial charge is 0.501 e. The second-order valence-corrected chi connectivity index (χ2v) is 10.6. The summed E-state index contributed by atoms with van der Waals surface area (Å²) in [4.78, 5) is -3.36. The molecule has 196 valence electrons. The summed E-state index contributed by atoms with van der Waals surface area (Å²) in [6, 6.07) is -1.42. The summed E-state index contributed by atoms with van der Waals surface area (Å²) < 4.78 is 205. The number of hydrogen-bond donors (Lipinski definition) is 0. The first-order chi connectivity index (χ1) is 15.4. The van der Waals surface area contributed by atoms with Crippen LogP contribution in [0, 0.1) is 0 Å². The number of rotatable bonds is 4. The normalized spacial score (nSPS) is 14.7. The minimum Gasteiger partial charge on any atom is -0.214 e. The molecule has 18 heteroatoms. The fourth-order valence-corrected chi connectivity index (χ4v) is 4.54. The molecular weight excluding hydrogens is 560 g/mol. The minimum atomic E-state index is -6.35. The van der Waals surface area contributed by atoms with Crippen molar-refractivity contribution < 1.29 is 69.5 Å². The van der Waals surface area contributed by atoms with Crippen molar-refractivity contribution in [3.8, 4) is 0 Å². The highest BCUT2D eigenvalue weighted by Gasteiger charge is 2.72. The molecule has 0 aromatic heterocycles. The summed E-state index contributed by atoms with van der Waals surface area (Å²) in [5.74, 6) is 0. The highest BCUT2D eigenvalue weighted by Crippen LogP contribution is 2.56. The van der Waals surface area contributed by atoms with Crippen molar-refractivity contribution in [2.45, 2.75) is 38.6 Å². The molecule has 0 saturated heterocycles. The topological polar surface area (TPSA) is 68.3 Å². The van der Waals surface area contributed by atoms with Crippen molar-refractivity contribution in [2.75, 3.05) is 0 Å². The van der Waals surface area contributed by atoms with Crippen molar-refractivity contribution in [3.63, 3.8) is 0 Å². The Hall–Kier alpha value is -2.50. The van der Waals surface area contributed by atoms with E-state index in [-0.39, 0.29) is 48.5 Å². The van der Waals surface area contributed by atoms with Crippen LogP contribution in [0.4, 0.5) is 52.7 Å². The van der Waals surface area contributed by atoms with Gasteiger partial charge in [-0.3, -0.25) is 0 Å². The number of halogens is 12. The first-order valence-corrected chi connectivity index (χ1v) is 11.4. The summed E-state index contributed by atoms with van der Waals surface area (Å²) in [6.45, 7) is 0. The lowest BCUT2D eigenvalue weighted by Crippen LogP contribution is -2.54. The molecule has 4 nitrogen and oxygen atoms in total. The Morgan fingerprint density at radius 3 is 0.829 bits per heavy atom. The van der Waals surface area contributed by atoms with Gasteiger partial charge in [0, 0.05) is 0 Å². The first kappa shape index (κ1) is 28.7. The molecule has 0 aliphatic rings. The molecule has 2 aromatic carbocycles. The van der Waals surface area contributed by atoms with Gasteiger partial charge in [-0.1, -0.05) is 24.3 Å². The fourth-order valence-electron chi connectivity index (χ4n) is 3.02. The predicted octanol–water partition coefficient (Wildman–Crippen LogP) is 5.68. The lowest BCUT2D eigenvalue weighted by Gasteiger charge is -2.38. The average molecular weight is 568 g/mol. The number of alkyl halides is 12. The molecule has 0 N–H and O–H groups in total. The van der Waals surface area contributed by atoms with E-state index in [1.165, 1.54) is 0 Å². The highest BCUT2D eigenvalue weighted by molar-refractivity contribution is 7.92. The summed E-state index contributed by atoms with van der Waals surface area (Å²) in [5, 5.41) is 0. The highest BCUT2D eigenvalue weighted by atomic mass is 32.2. The molecule has 0 fully saturated rings. The van der Waals surface area contributed by atoms with E-state index in [1.807, 2.05) is 0 Å². The third-order valence-corrected chi connectivity index (χ3v) is 7.66. The quantitative estimate of drug-likeness (QED) is 0.445. The van der Waals surface area contributed by atoms with Gasteiger partial charge in [-0.25, -0.2) is 16.8 Å². The zero-order valence-electron chi connectivity index (χ0n) is 16.1. The SMILES string of the molecule is O=S(=O)(c1ccc(C(c2ccc(S(=O)(=O)C(F)(F)F)cc2)(C(F)(F)F)C(F)(F)F)cc1)C(F)(F)F. The summed E-state index contributed by atoms with van der Waals surface area (Å²) >= 11 is 0. The second kappa shape index (κ2) is 8.28. The van der Waals surface area contributed by atoms with Crippen LogP contribution in [0.15, 0.2) is 58.3 Å². The predicted molar refractivity (Wildman–Crippen MR) is 92.3 cm³/mol. The molecule has 35 heavy (non-hydrogen) atoms. The Balaban J connectivity index is 2.85. The van der Waals surface area contributed by atoms with Gasteiger partial charge in [0.15, 0.2) is 0 Å². The van der Waals surface area contributed by atoms with Crippen molar-refractivity contribution in [2.24, 2.45) is 0 Å². The Labute approximate surface area is 188 Å². The maximum absolute atomic E-state index is 14.0. The van der Waals surface area contributed by atoms with Crippen LogP contribution in [0.2, 0.25) is 0 Å². The van der Waals surface area contributed by atoms with Gasteiger partial charge in [0.1, 0.15) is 0 Å². The maximum Gasteiger partial charge on any atom is 0.501 e. The molecule has 2 aromatic rings. The number of hydrogen-bond acceptors (Lipinski definition) is 4. The van der Waals surface area contributed by atoms with E-state index in [1.54, 1.807) is 0 Å². The fraction of sp³-hybridized carbons (Fsp3) is 0.294. The lowest BCUT2D eigenvalue weighted by atomic mass is 9.73. The van der Waals surface area contributed by atoms with Gasteiger partial charge in [-0.2, -0.15) is 52.7 Å². The lowest BCUT2D eigenvalue weighted by molar-refractivity contribution is -0.288. The molecule has 0 heterocycles. The van der Waals surface area contributed by atoms with Crippen LogP contribution in [-0.2, 0) is 25.1 Å². The Kier molecular flexibility index (Phi) is 6.80. The molecular formula is C17H8F12O4S2. The molecule has 0 amide bonds. The van der Waals surface area contributed by atoms with Gasteiger partial charge in [0.25, 0.3) is 19.7 Å². The molecule has 0 spiro atoms. The smallest absolute Gasteiger partial charge is 0.214 e. The van der Waals surface area contributed by atoms with Crippen LogP contribution >= 0.6 is 0 Å². The van der Waals surface area contributed by atoms with Gasteiger partial charge in [0.2, 0.25) is 5.41 Å². The van der Waals surface area contributed by atoms with Gasteiger partial charge in [0.05, 0.1) is 9.79 Å². The summed E-state index contributed by atoms with van der Waals surface area (Å²) in [6.07, 6.45) is -12.7. The molecule has 2 rings (SSSR count). The van der Waals surface area contributed by atoms with Crippen LogP contribution in [0.5, 0.6) is 0 Å². The molecule has 0 atom stereocenters. The van der Waals surface area contributed by atoms with Crippen molar-refractivity contribution >= 4 is 19.7 Å². The Bertz CT molecular complexity index is 1180. The van der Waals surface area contributed by atoms with Crippen molar-refractivity contribution in [1.82, 2.24) is 0 Å². The molecule has 0 unspecified atom stereocenters. The van der Waals surface area contributed by atoms with Gasteiger partial charge in [-0.15, -0.1) is 0 Å². The average Bonchev–Trinajstić information content (AvgIpc) is 2.65. The zero-order valence-corrected chi connectivity index (χ0v) is 17.7. The first-order valence-electron chi connectivity index (χ1n) is 8.39. The second-order valence-electron chi connectivity index (χ2n) is 6.69. The number of benzene rings is 2. The molecule has 0 saturated carbocycles. The Morgan fingerprint density at radius 1 is 0.429 bits per heavy atom. The van der Waals surface area contributed by atoms with E-state index in [2.05, 4.69) is 0 Å². The van der Waals surface area contributed by atoms with Gasteiger partial charge >= 0.3 is 23.4 Å². The molecule has 0 bridgehead atoms. The van der Waals surface area contributed by atoms with Crippen LogP contribution in [-0.4, -0.2) is 40.2 Å². The van der Waals surface area contributed by atoms with Crippen LogP contribution < -0.4 is 0 Å². The van der Waals surface area contributed by atoms with E-state index in [9.17, 15) is 69.5 Å².